The summed E-state index contributed by atoms with van der Waals surface area (Å²) in [5, 5.41) is 18.9. The Kier molecular flexibility index (Phi) is 5.00. The van der Waals surface area contributed by atoms with Crippen LogP contribution in [0.15, 0.2) is 12.3 Å². The van der Waals surface area contributed by atoms with Crippen LogP contribution in [0.5, 0.6) is 0 Å². The first kappa shape index (κ1) is 12.7. The molecule has 0 aromatic carbocycles. The van der Waals surface area contributed by atoms with E-state index in [0.717, 1.165) is 0 Å². The lowest BCUT2D eigenvalue weighted by molar-refractivity contribution is -0.384. The fourth-order valence-corrected chi connectivity index (χ4v) is 1.88. The number of aliphatic hydroxyl groups is 1. The van der Waals surface area contributed by atoms with E-state index in [-0.39, 0.29) is 29.5 Å². The lowest BCUT2D eigenvalue weighted by Gasteiger charge is -1.97. The van der Waals surface area contributed by atoms with Crippen LogP contribution >= 0.6 is 11.8 Å². The second-order valence-corrected chi connectivity index (χ2v) is 4.19. The minimum absolute atomic E-state index is 0.106. The summed E-state index contributed by atoms with van der Waals surface area (Å²) in [6.45, 7) is 0.106. The van der Waals surface area contributed by atoms with Crippen molar-refractivity contribution in [3.05, 3.63) is 28.1 Å². The summed E-state index contributed by atoms with van der Waals surface area (Å²) in [7, 11) is 0. The number of ketones is 1. The molecule has 0 fully saturated rings. The Morgan fingerprint density at radius 1 is 1.62 bits per heavy atom. The number of nitrogens with one attached hydrogen (secondary N) is 1. The van der Waals surface area contributed by atoms with E-state index < -0.39 is 4.92 Å². The second kappa shape index (κ2) is 6.29. The van der Waals surface area contributed by atoms with Gasteiger partial charge in [0.2, 0.25) is 0 Å². The van der Waals surface area contributed by atoms with E-state index in [9.17, 15) is 14.9 Å². The number of aromatic amines is 1. The fraction of sp³-hybridized carbons (Fsp3) is 0.444. The third-order valence-electron chi connectivity index (χ3n) is 1.86. The van der Waals surface area contributed by atoms with Gasteiger partial charge in [0.25, 0.3) is 5.69 Å². The van der Waals surface area contributed by atoms with Crippen LogP contribution in [0.4, 0.5) is 5.69 Å². The average Bonchev–Trinajstić information content (AvgIpc) is 2.73. The third kappa shape index (κ3) is 3.67. The van der Waals surface area contributed by atoms with Gasteiger partial charge in [0.05, 0.1) is 22.6 Å². The second-order valence-electron chi connectivity index (χ2n) is 3.08. The largest absolute Gasteiger partial charge is 0.396 e. The Bertz CT molecular complexity index is 377. The van der Waals surface area contributed by atoms with Gasteiger partial charge in [-0.3, -0.25) is 14.9 Å². The molecule has 6 nitrogen and oxygen atoms in total. The van der Waals surface area contributed by atoms with E-state index in [1.807, 2.05) is 0 Å². The van der Waals surface area contributed by atoms with Gasteiger partial charge >= 0.3 is 0 Å². The van der Waals surface area contributed by atoms with Gasteiger partial charge < -0.3 is 10.1 Å². The van der Waals surface area contributed by atoms with E-state index >= 15 is 0 Å². The number of hydrogen-bond acceptors (Lipinski definition) is 5. The number of thioether (sulfide) groups is 1. The SMILES string of the molecule is O=C(CSCCCO)c1cc([N+](=O)[O-])c[nH]1. The van der Waals surface area contributed by atoms with Crippen LogP contribution in [-0.4, -0.2) is 38.9 Å². The van der Waals surface area contributed by atoms with Crippen LogP contribution in [0, 0.1) is 10.1 Å². The highest BCUT2D eigenvalue weighted by Crippen LogP contribution is 2.14. The van der Waals surface area contributed by atoms with Gasteiger partial charge in [-0.05, 0) is 12.2 Å². The highest BCUT2D eigenvalue weighted by atomic mass is 32.2. The maximum absolute atomic E-state index is 11.5. The molecule has 88 valence electrons. The number of hydrogen-bond donors (Lipinski definition) is 2. The van der Waals surface area contributed by atoms with Gasteiger partial charge in [-0.1, -0.05) is 0 Å². The quantitative estimate of drug-likeness (QED) is 0.325. The Labute approximate surface area is 96.2 Å². The number of nitro groups is 1. The molecule has 0 aliphatic rings. The zero-order valence-electron chi connectivity index (χ0n) is 8.51. The van der Waals surface area contributed by atoms with Crippen LogP contribution in [0.2, 0.25) is 0 Å². The minimum atomic E-state index is -0.549. The summed E-state index contributed by atoms with van der Waals surface area (Å²) in [4.78, 5) is 23.9. The van der Waals surface area contributed by atoms with Crippen molar-refractivity contribution in [3.8, 4) is 0 Å². The predicted molar refractivity (Wildman–Crippen MR) is 60.8 cm³/mol. The van der Waals surface area contributed by atoms with Crippen LogP contribution in [0.25, 0.3) is 0 Å². The van der Waals surface area contributed by atoms with Gasteiger partial charge in [-0.2, -0.15) is 11.8 Å². The van der Waals surface area contributed by atoms with Crippen molar-refractivity contribution >= 4 is 23.2 Å². The van der Waals surface area contributed by atoms with Crippen LogP contribution in [0.1, 0.15) is 16.9 Å². The van der Waals surface area contributed by atoms with Gasteiger partial charge in [-0.15, -0.1) is 0 Å². The lowest BCUT2D eigenvalue weighted by Crippen LogP contribution is -2.03. The molecule has 0 amide bonds. The fourth-order valence-electron chi connectivity index (χ4n) is 1.06. The molecule has 16 heavy (non-hydrogen) atoms. The maximum Gasteiger partial charge on any atom is 0.287 e. The number of carbonyl (C=O) groups is 1. The lowest BCUT2D eigenvalue weighted by atomic mass is 10.3. The molecule has 0 saturated heterocycles. The van der Waals surface area contributed by atoms with Crippen molar-refractivity contribution in [1.29, 1.82) is 0 Å². The van der Waals surface area contributed by atoms with E-state index in [4.69, 9.17) is 5.11 Å². The van der Waals surface area contributed by atoms with Crippen LogP contribution in [0.3, 0.4) is 0 Å². The highest BCUT2D eigenvalue weighted by Gasteiger charge is 2.13. The molecular weight excluding hydrogens is 232 g/mol. The van der Waals surface area contributed by atoms with Crippen molar-refractivity contribution in [3.63, 3.8) is 0 Å². The summed E-state index contributed by atoms with van der Waals surface area (Å²) in [6, 6.07) is 1.23. The highest BCUT2D eigenvalue weighted by molar-refractivity contribution is 7.99. The predicted octanol–water partition coefficient (Wildman–Crippen LogP) is 1.22. The summed E-state index contributed by atoms with van der Waals surface area (Å²) < 4.78 is 0. The molecule has 0 aliphatic heterocycles. The zero-order valence-corrected chi connectivity index (χ0v) is 9.33. The van der Waals surface area contributed by atoms with E-state index in [0.29, 0.717) is 12.2 Å². The Morgan fingerprint density at radius 3 is 2.94 bits per heavy atom. The minimum Gasteiger partial charge on any atom is -0.396 e. The monoisotopic (exact) mass is 244 g/mol. The number of aliphatic hydroxyl groups excluding tert-OH is 1. The normalized spacial score (nSPS) is 10.3. The summed E-state index contributed by atoms with van der Waals surface area (Å²) in [6.07, 6.45) is 1.84. The van der Waals surface area contributed by atoms with Gasteiger partial charge in [0.15, 0.2) is 5.78 Å². The summed E-state index contributed by atoms with van der Waals surface area (Å²) in [5.41, 5.74) is 0.145. The van der Waals surface area contributed by atoms with Crippen LogP contribution < -0.4 is 0 Å². The smallest absolute Gasteiger partial charge is 0.287 e. The van der Waals surface area contributed by atoms with Crippen molar-refractivity contribution in [2.45, 2.75) is 6.42 Å². The standard InChI is InChI=1S/C9H12N2O4S/c12-2-1-3-16-6-9(13)8-4-7(5-10-8)11(14)15/h4-5,10,12H,1-3,6H2. The number of H-pyrrole nitrogens is 1. The molecule has 7 heteroatoms. The topological polar surface area (TPSA) is 96.2 Å². The third-order valence-corrected chi connectivity index (χ3v) is 2.90. The summed E-state index contributed by atoms with van der Waals surface area (Å²) in [5.74, 6) is 0.791. The molecule has 1 aromatic heterocycles. The maximum atomic E-state index is 11.5. The van der Waals surface area contributed by atoms with Crippen LogP contribution in [-0.2, 0) is 0 Å². The van der Waals surface area contributed by atoms with Gasteiger partial charge in [0.1, 0.15) is 0 Å². The number of aromatic nitrogens is 1. The molecule has 2 N–H and O–H groups in total. The first-order chi connectivity index (χ1) is 7.65. The Morgan fingerprint density at radius 2 is 2.38 bits per heavy atom. The average molecular weight is 244 g/mol. The molecule has 0 radical (unpaired) electrons. The van der Waals surface area contributed by atoms with Gasteiger partial charge in [-0.25, -0.2) is 0 Å². The number of rotatable bonds is 7. The molecule has 0 atom stereocenters. The molecule has 0 unspecified atom stereocenters. The number of nitrogens with zero attached hydrogens (tertiary/aromatic N) is 1. The Hall–Kier alpha value is -1.34. The van der Waals surface area contributed by atoms with Crippen molar-refractivity contribution in [2.75, 3.05) is 18.1 Å². The molecule has 1 rings (SSSR count). The van der Waals surface area contributed by atoms with E-state index in [1.165, 1.54) is 24.0 Å². The number of carbonyl (C=O) groups excluding carboxylic acids is 1. The molecule has 1 heterocycles. The first-order valence-electron chi connectivity index (χ1n) is 4.69. The van der Waals surface area contributed by atoms with Crippen molar-refractivity contribution in [1.82, 2.24) is 4.98 Å². The summed E-state index contributed by atoms with van der Waals surface area (Å²) >= 11 is 1.40. The first-order valence-corrected chi connectivity index (χ1v) is 5.85. The Balaban J connectivity index is 2.43. The number of Topliss-reactive ketones (excluding diaryl/α,β-unsaturated/α-hetero) is 1. The molecule has 0 aliphatic carbocycles. The molecule has 0 saturated carbocycles. The van der Waals surface area contributed by atoms with E-state index in [2.05, 4.69) is 4.98 Å². The zero-order chi connectivity index (χ0) is 12.0. The van der Waals surface area contributed by atoms with Crippen molar-refractivity contribution in [2.24, 2.45) is 0 Å². The molecular formula is C9H12N2O4S. The molecule has 1 aromatic rings. The van der Waals surface area contributed by atoms with Crippen molar-refractivity contribution < 1.29 is 14.8 Å². The van der Waals surface area contributed by atoms with Gasteiger partial charge in [0, 0.05) is 12.7 Å². The molecule has 0 bridgehead atoms. The van der Waals surface area contributed by atoms with E-state index in [1.54, 1.807) is 0 Å². The molecule has 0 spiro atoms.